The number of hydrogen-bond donors (Lipinski definition) is 2. The molecule has 1 aliphatic heterocycles. The van der Waals surface area contributed by atoms with Crippen molar-refractivity contribution in [3.05, 3.63) is 77.4 Å². The summed E-state index contributed by atoms with van der Waals surface area (Å²) in [6, 6.07) is 20.0. The van der Waals surface area contributed by atoms with Crippen LogP contribution in [0.25, 0.3) is 10.9 Å². The summed E-state index contributed by atoms with van der Waals surface area (Å²) in [6.45, 7) is 3.87. The Labute approximate surface area is 226 Å². The molecule has 5 rings (SSSR count). The van der Waals surface area contributed by atoms with E-state index in [2.05, 4.69) is 38.2 Å². The summed E-state index contributed by atoms with van der Waals surface area (Å²) < 4.78 is 11.2. The van der Waals surface area contributed by atoms with Crippen molar-refractivity contribution in [3.8, 4) is 23.3 Å². The lowest BCUT2D eigenvalue weighted by Gasteiger charge is -2.33. The van der Waals surface area contributed by atoms with E-state index in [4.69, 9.17) is 15.2 Å². The number of fused-ring (bicyclic) bond motifs is 1. The topological polar surface area (TPSA) is 130 Å². The first-order valence-electron chi connectivity index (χ1n) is 12.6. The minimum Gasteiger partial charge on any atom is -0.495 e. The Morgan fingerprint density at radius 3 is 2.59 bits per heavy atom. The molecule has 0 aliphatic carbocycles. The summed E-state index contributed by atoms with van der Waals surface area (Å²) >= 11 is 0. The molecule has 4 aromatic rings. The maximum absolute atomic E-state index is 13.0. The maximum Gasteiger partial charge on any atom is 0.251 e. The summed E-state index contributed by atoms with van der Waals surface area (Å²) in [4.78, 5) is 26.4. The number of aromatic nitrogens is 2. The Morgan fingerprint density at radius 2 is 1.82 bits per heavy atom. The fourth-order valence-corrected chi connectivity index (χ4v) is 4.54. The molecule has 1 aliphatic rings. The van der Waals surface area contributed by atoms with Crippen LogP contribution in [0.5, 0.6) is 17.2 Å². The van der Waals surface area contributed by atoms with Gasteiger partial charge in [0.05, 0.1) is 12.6 Å². The van der Waals surface area contributed by atoms with Gasteiger partial charge >= 0.3 is 0 Å². The number of nitrogens with two attached hydrogens (primary N) is 1. The molecule has 0 atom stereocenters. The third-order valence-electron chi connectivity index (χ3n) is 6.66. The summed E-state index contributed by atoms with van der Waals surface area (Å²) in [6.07, 6.45) is 0. The van der Waals surface area contributed by atoms with Crippen LogP contribution in [0.15, 0.2) is 60.7 Å². The molecule has 1 amide bonds. The van der Waals surface area contributed by atoms with E-state index < -0.39 is 0 Å². The van der Waals surface area contributed by atoms with Crippen molar-refractivity contribution in [2.45, 2.75) is 6.54 Å². The predicted octanol–water partition coefficient (Wildman–Crippen LogP) is 3.57. The quantitative estimate of drug-likeness (QED) is 0.373. The van der Waals surface area contributed by atoms with Crippen molar-refractivity contribution in [2.24, 2.45) is 0 Å². The number of rotatable bonds is 7. The van der Waals surface area contributed by atoms with Gasteiger partial charge in [-0.3, -0.25) is 4.79 Å². The standard InChI is InChI=1S/C29H29N7O3/c1-35-11-13-36(14-12-35)27-22-10-9-20(16-24(22)33-29(31)34-27)28(37)32-18-19-5-3-6-21(15-19)39-26-8-4-7-25(38-2)23(26)17-30/h3-10,15-16H,11-14,18H2,1-2H3,(H,32,37)(H2,31,33,34). The predicted molar refractivity (Wildman–Crippen MR) is 149 cm³/mol. The number of nitrogen functional groups attached to an aromatic ring is 1. The van der Waals surface area contributed by atoms with Gasteiger partial charge in [-0.05, 0) is 55.1 Å². The van der Waals surface area contributed by atoms with Crippen LogP contribution in [0.4, 0.5) is 11.8 Å². The number of carbonyl (C=O) groups excluding carboxylic acids is 1. The average molecular weight is 524 g/mol. The number of likely N-dealkylation sites (N-methyl/N-ethyl adjacent to an activating group) is 1. The number of nitrogens with one attached hydrogen (secondary N) is 1. The van der Waals surface area contributed by atoms with Gasteiger partial charge in [0.15, 0.2) is 0 Å². The first kappa shape index (κ1) is 25.8. The molecule has 0 unspecified atom stereocenters. The van der Waals surface area contributed by atoms with Gasteiger partial charge in [-0.25, -0.2) is 4.98 Å². The number of benzene rings is 3. The number of amides is 1. The second-order valence-electron chi connectivity index (χ2n) is 9.31. The van der Waals surface area contributed by atoms with Gasteiger partial charge in [0.2, 0.25) is 5.95 Å². The van der Waals surface area contributed by atoms with E-state index in [0.717, 1.165) is 42.9 Å². The fraction of sp³-hybridized carbons (Fsp3) is 0.241. The zero-order valence-corrected chi connectivity index (χ0v) is 21.8. The molecule has 10 heteroatoms. The van der Waals surface area contributed by atoms with E-state index in [1.807, 2.05) is 24.3 Å². The van der Waals surface area contributed by atoms with E-state index >= 15 is 0 Å². The molecule has 1 fully saturated rings. The highest BCUT2D eigenvalue weighted by atomic mass is 16.5. The van der Waals surface area contributed by atoms with Crippen LogP contribution in [-0.4, -0.2) is 61.1 Å². The van der Waals surface area contributed by atoms with Gasteiger partial charge in [0.1, 0.15) is 34.7 Å². The molecule has 0 radical (unpaired) electrons. The normalized spacial score (nSPS) is 13.6. The van der Waals surface area contributed by atoms with Crippen molar-refractivity contribution >= 4 is 28.6 Å². The van der Waals surface area contributed by atoms with Gasteiger partial charge in [-0.2, -0.15) is 10.2 Å². The van der Waals surface area contributed by atoms with Gasteiger partial charge < -0.3 is 30.3 Å². The number of hydrogen-bond acceptors (Lipinski definition) is 9. The number of piperazine rings is 1. The van der Waals surface area contributed by atoms with Crippen LogP contribution in [0, 0.1) is 11.3 Å². The Hall–Kier alpha value is -4.88. The second-order valence-corrected chi connectivity index (χ2v) is 9.31. The molecule has 10 nitrogen and oxygen atoms in total. The number of methoxy groups -OCH3 is 1. The molecule has 0 bridgehead atoms. The number of nitrogens with zero attached hydrogens (tertiary/aromatic N) is 5. The average Bonchev–Trinajstić information content (AvgIpc) is 2.95. The minimum absolute atomic E-state index is 0.182. The van der Waals surface area contributed by atoms with Crippen molar-refractivity contribution in [1.29, 1.82) is 5.26 Å². The van der Waals surface area contributed by atoms with Crippen LogP contribution in [-0.2, 0) is 6.54 Å². The van der Waals surface area contributed by atoms with Gasteiger partial charge in [-0.1, -0.05) is 18.2 Å². The smallest absolute Gasteiger partial charge is 0.251 e. The molecular weight excluding hydrogens is 494 g/mol. The highest BCUT2D eigenvalue weighted by Gasteiger charge is 2.19. The minimum atomic E-state index is -0.235. The number of nitriles is 1. The van der Waals surface area contributed by atoms with Crippen molar-refractivity contribution in [1.82, 2.24) is 20.2 Å². The van der Waals surface area contributed by atoms with Gasteiger partial charge in [-0.15, -0.1) is 0 Å². The summed E-state index contributed by atoms with van der Waals surface area (Å²) in [5.41, 5.74) is 8.29. The molecule has 198 valence electrons. The van der Waals surface area contributed by atoms with Gasteiger partial charge in [0.25, 0.3) is 5.91 Å². The highest BCUT2D eigenvalue weighted by molar-refractivity contribution is 6.00. The lowest BCUT2D eigenvalue weighted by atomic mass is 10.1. The molecule has 1 saturated heterocycles. The lowest BCUT2D eigenvalue weighted by Crippen LogP contribution is -2.45. The SMILES string of the molecule is COc1cccc(Oc2cccc(CNC(=O)c3ccc4c(N5CCN(C)CC5)nc(N)nc4c3)c2)c1C#N. The third kappa shape index (κ3) is 5.68. The summed E-state index contributed by atoms with van der Waals surface area (Å²) in [5, 5.41) is 13.3. The number of carbonyl (C=O) groups is 1. The molecular formula is C29H29N7O3. The van der Waals surface area contributed by atoms with Crippen molar-refractivity contribution < 1.29 is 14.3 Å². The molecule has 0 saturated carbocycles. The highest BCUT2D eigenvalue weighted by Crippen LogP contribution is 2.31. The first-order chi connectivity index (χ1) is 18.9. The molecule has 0 spiro atoms. The molecule has 39 heavy (non-hydrogen) atoms. The molecule has 3 N–H and O–H groups in total. The molecule has 3 aromatic carbocycles. The Morgan fingerprint density at radius 1 is 1.05 bits per heavy atom. The van der Waals surface area contributed by atoms with Crippen LogP contribution in [0.2, 0.25) is 0 Å². The first-order valence-corrected chi connectivity index (χ1v) is 12.6. The summed E-state index contributed by atoms with van der Waals surface area (Å²) in [5.74, 6) is 2.12. The number of anilines is 2. The summed E-state index contributed by atoms with van der Waals surface area (Å²) in [7, 11) is 3.61. The van der Waals surface area contributed by atoms with E-state index in [0.29, 0.717) is 33.9 Å². The second kappa shape index (κ2) is 11.2. The largest absolute Gasteiger partial charge is 0.495 e. The van der Waals surface area contributed by atoms with E-state index in [1.165, 1.54) is 7.11 Å². The van der Waals surface area contributed by atoms with Crippen molar-refractivity contribution in [2.75, 3.05) is 51.0 Å². The molecule has 1 aromatic heterocycles. The van der Waals surface area contributed by atoms with Crippen LogP contribution < -0.4 is 25.4 Å². The van der Waals surface area contributed by atoms with E-state index in [-0.39, 0.29) is 18.4 Å². The monoisotopic (exact) mass is 523 g/mol. The lowest BCUT2D eigenvalue weighted by molar-refractivity contribution is 0.0951. The zero-order chi connectivity index (χ0) is 27.4. The van der Waals surface area contributed by atoms with Crippen molar-refractivity contribution in [3.63, 3.8) is 0 Å². The van der Waals surface area contributed by atoms with E-state index in [9.17, 15) is 10.1 Å². The Balaban J connectivity index is 1.29. The van der Waals surface area contributed by atoms with E-state index in [1.54, 1.807) is 36.4 Å². The van der Waals surface area contributed by atoms with Crippen LogP contribution in [0.1, 0.15) is 21.5 Å². The fourth-order valence-electron chi connectivity index (χ4n) is 4.54. The van der Waals surface area contributed by atoms with Gasteiger partial charge in [0, 0.05) is 43.7 Å². The van der Waals surface area contributed by atoms with Crippen LogP contribution >= 0.6 is 0 Å². The Kier molecular flexibility index (Phi) is 7.43. The third-order valence-corrected chi connectivity index (χ3v) is 6.66. The molecule has 2 heterocycles. The zero-order valence-electron chi connectivity index (χ0n) is 21.8. The number of ether oxygens (including phenoxy) is 2. The Bertz CT molecular complexity index is 1560. The van der Waals surface area contributed by atoms with Crippen LogP contribution in [0.3, 0.4) is 0 Å². The maximum atomic E-state index is 13.0.